The Bertz CT molecular complexity index is 944. The third-order valence-electron chi connectivity index (χ3n) is 3.77. The van der Waals surface area contributed by atoms with Crippen molar-refractivity contribution >= 4 is 17.4 Å². The Hall–Kier alpha value is -3.61. The number of amides is 1. The number of nitrogens with zero attached hydrogens (tertiary/aromatic N) is 2. The molecular weight excluding hydrogens is 332 g/mol. The minimum absolute atomic E-state index is 0.416. The molecule has 1 aromatic heterocycles. The van der Waals surface area contributed by atoms with E-state index >= 15 is 0 Å². The molecule has 0 radical (unpaired) electrons. The van der Waals surface area contributed by atoms with Crippen molar-refractivity contribution in [2.24, 2.45) is 5.73 Å². The highest BCUT2D eigenvalue weighted by Gasteiger charge is 2.11. The van der Waals surface area contributed by atoms with E-state index in [4.69, 9.17) is 15.2 Å². The molecule has 0 aliphatic carbocycles. The van der Waals surface area contributed by atoms with Crippen LogP contribution in [0.2, 0.25) is 0 Å². The largest absolute Gasteiger partial charge is 0.497 e. The van der Waals surface area contributed by atoms with Crippen LogP contribution in [0.25, 0.3) is 11.3 Å². The molecule has 0 saturated carbocycles. The van der Waals surface area contributed by atoms with Crippen molar-refractivity contribution in [3.8, 4) is 22.8 Å². The molecule has 7 nitrogen and oxygen atoms in total. The highest BCUT2D eigenvalue weighted by molar-refractivity contribution is 5.93. The van der Waals surface area contributed by atoms with E-state index < -0.39 is 5.91 Å². The molecule has 3 rings (SSSR count). The number of carbonyl (C=O) groups is 1. The second-order valence-electron chi connectivity index (χ2n) is 5.42. The van der Waals surface area contributed by atoms with Crippen LogP contribution in [0.5, 0.6) is 11.5 Å². The zero-order chi connectivity index (χ0) is 18.5. The lowest BCUT2D eigenvalue weighted by molar-refractivity contribution is 0.100. The van der Waals surface area contributed by atoms with Crippen LogP contribution in [0.1, 0.15) is 10.4 Å². The van der Waals surface area contributed by atoms with Gasteiger partial charge in [-0.2, -0.15) is 0 Å². The number of rotatable bonds is 6. The van der Waals surface area contributed by atoms with Gasteiger partial charge in [-0.05, 0) is 36.4 Å². The van der Waals surface area contributed by atoms with E-state index in [0.717, 1.165) is 5.56 Å². The van der Waals surface area contributed by atoms with Crippen molar-refractivity contribution in [3.05, 3.63) is 60.4 Å². The molecule has 0 unspecified atom stereocenters. The van der Waals surface area contributed by atoms with Crippen molar-refractivity contribution in [3.63, 3.8) is 0 Å². The molecule has 3 aromatic rings. The number of nitrogens with one attached hydrogen (secondary N) is 1. The standard InChI is InChI=1S/C19H18N4O3/c1-25-14-6-7-17(26-2)15(9-14)16-10-18(22-11-21-16)23-13-5-3-4-12(8-13)19(20)24/h3-11H,1-2H3,(H2,20,24)(H,21,22,23). The molecule has 26 heavy (non-hydrogen) atoms. The van der Waals surface area contributed by atoms with Crippen molar-refractivity contribution in [2.45, 2.75) is 0 Å². The molecule has 132 valence electrons. The van der Waals surface area contributed by atoms with Gasteiger partial charge in [-0.15, -0.1) is 0 Å². The summed E-state index contributed by atoms with van der Waals surface area (Å²) >= 11 is 0. The summed E-state index contributed by atoms with van der Waals surface area (Å²) in [4.78, 5) is 19.9. The van der Waals surface area contributed by atoms with Gasteiger partial charge in [0.15, 0.2) is 0 Å². The zero-order valence-corrected chi connectivity index (χ0v) is 14.4. The zero-order valence-electron chi connectivity index (χ0n) is 14.4. The molecule has 1 heterocycles. The van der Waals surface area contributed by atoms with Gasteiger partial charge in [-0.3, -0.25) is 4.79 Å². The summed E-state index contributed by atoms with van der Waals surface area (Å²) < 4.78 is 10.7. The van der Waals surface area contributed by atoms with E-state index in [9.17, 15) is 4.79 Å². The molecule has 3 N–H and O–H groups in total. The van der Waals surface area contributed by atoms with Crippen LogP contribution < -0.4 is 20.5 Å². The molecule has 0 spiro atoms. The Morgan fingerprint density at radius 3 is 2.62 bits per heavy atom. The second-order valence-corrected chi connectivity index (χ2v) is 5.42. The number of nitrogens with two attached hydrogens (primary N) is 1. The molecule has 0 aliphatic rings. The summed E-state index contributed by atoms with van der Waals surface area (Å²) in [6, 6.07) is 14.1. The first kappa shape index (κ1) is 17.2. The van der Waals surface area contributed by atoms with Crippen LogP contribution in [-0.2, 0) is 0 Å². The van der Waals surface area contributed by atoms with E-state index in [0.29, 0.717) is 34.3 Å². The Balaban J connectivity index is 1.94. The summed E-state index contributed by atoms with van der Waals surface area (Å²) in [6.45, 7) is 0. The molecule has 7 heteroatoms. The van der Waals surface area contributed by atoms with Gasteiger partial charge in [0.1, 0.15) is 23.6 Å². The fraction of sp³-hybridized carbons (Fsp3) is 0.105. The van der Waals surface area contributed by atoms with Gasteiger partial charge in [-0.25, -0.2) is 9.97 Å². The van der Waals surface area contributed by atoms with Crippen LogP contribution in [0.3, 0.4) is 0 Å². The number of hydrogen-bond donors (Lipinski definition) is 2. The monoisotopic (exact) mass is 350 g/mol. The van der Waals surface area contributed by atoms with Crippen molar-refractivity contribution in [1.82, 2.24) is 9.97 Å². The highest BCUT2D eigenvalue weighted by atomic mass is 16.5. The summed E-state index contributed by atoms with van der Waals surface area (Å²) in [6.07, 6.45) is 1.45. The summed E-state index contributed by atoms with van der Waals surface area (Å²) in [5.74, 6) is 1.45. The average Bonchev–Trinajstić information content (AvgIpc) is 2.68. The number of ether oxygens (including phenoxy) is 2. The third kappa shape index (κ3) is 3.72. The first-order valence-electron chi connectivity index (χ1n) is 7.82. The topological polar surface area (TPSA) is 99.4 Å². The lowest BCUT2D eigenvalue weighted by Gasteiger charge is -2.11. The Labute approximate surface area is 150 Å². The Kier molecular flexibility index (Phi) is 4.98. The molecule has 0 bridgehead atoms. The van der Waals surface area contributed by atoms with Gasteiger partial charge < -0.3 is 20.5 Å². The minimum atomic E-state index is -0.488. The number of anilines is 2. The molecule has 2 aromatic carbocycles. The van der Waals surface area contributed by atoms with Crippen LogP contribution in [0.15, 0.2) is 54.9 Å². The Morgan fingerprint density at radius 2 is 1.88 bits per heavy atom. The van der Waals surface area contributed by atoms with E-state index in [2.05, 4.69) is 15.3 Å². The van der Waals surface area contributed by atoms with Gasteiger partial charge in [-0.1, -0.05) is 6.07 Å². The van der Waals surface area contributed by atoms with E-state index in [1.807, 2.05) is 24.3 Å². The van der Waals surface area contributed by atoms with Gasteiger partial charge in [0.25, 0.3) is 0 Å². The number of aromatic nitrogens is 2. The van der Waals surface area contributed by atoms with Crippen LogP contribution in [0.4, 0.5) is 11.5 Å². The van der Waals surface area contributed by atoms with E-state index in [1.165, 1.54) is 6.33 Å². The number of hydrogen-bond acceptors (Lipinski definition) is 6. The van der Waals surface area contributed by atoms with Crippen LogP contribution in [0, 0.1) is 0 Å². The van der Waals surface area contributed by atoms with E-state index in [-0.39, 0.29) is 0 Å². The van der Waals surface area contributed by atoms with Gasteiger partial charge >= 0.3 is 0 Å². The molecule has 0 aliphatic heterocycles. The number of carbonyl (C=O) groups excluding carboxylic acids is 1. The van der Waals surface area contributed by atoms with Crippen molar-refractivity contribution in [1.29, 1.82) is 0 Å². The minimum Gasteiger partial charge on any atom is -0.497 e. The maximum absolute atomic E-state index is 11.3. The van der Waals surface area contributed by atoms with E-state index in [1.54, 1.807) is 38.5 Å². The molecular formula is C19H18N4O3. The summed E-state index contributed by atoms with van der Waals surface area (Å²) in [5.41, 5.74) is 7.88. The van der Waals surface area contributed by atoms with Crippen LogP contribution >= 0.6 is 0 Å². The molecule has 1 amide bonds. The molecule has 0 saturated heterocycles. The van der Waals surface area contributed by atoms with Crippen molar-refractivity contribution < 1.29 is 14.3 Å². The number of methoxy groups -OCH3 is 2. The summed E-state index contributed by atoms with van der Waals surface area (Å²) in [7, 11) is 3.20. The SMILES string of the molecule is COc1ccc(OC)c(-c2cc(Nc3cccc(C(N)=O)c3)ncn2)c1. The average molecular weight is 350 g/mol. The number of primary amides is 1. The van der Waals surface area contributed by atoms with Crippen molar-refractivity contribution in [2.75, 3.05) is 19.5 Å². The summed E-state index contributed by atoms with van der Waals surface area (Å²) in [5, 5.41) is 3.14. The van der Waals surface area contributed by atoms with Gasteiger partial charge in [0.05, 0.1) is 19.9 Å². The maximum Gasteiger partial charge on any atom is 0.248 e. The lowest BCUT2D eigenvalue weighted by Crippen LogP contribution is -2.10. The van der Waals surface area contributed by atoms with Gasteiger partial charge in [0, 0.05) is 22.9 Å². The maximum atomic E-state index is 11.3. The van der Waals surface area contributed by atoms with Gasteiger partial charge in [0.2, 0.25) is 5.91 Å². The smallest absolute Gasteiger partial charge is 0.248 e. The fourth-order valence-electron chi connectivity index (χ4n) is 2.49. The Morgan fingerprint density at radius 1 is 1.04 bits per heavy atom. The predicted octanol–water partition coefficient (Wildman–Crippen LogP) is 3.00. The first-order chi connectivity index (χ1) is 12.6. The molecule has 0 atom stereocenters. The quantitative estimate of drug-likeness (QED) is 0.709. The normalized spacial score (nSPS) is 10.2. The highest BCUT2D eigenvalue weighted by Crippen LogP contribution is 2.33. The first-order valence-corrected chi connectivity index (χ1v) is 7.82. The number of benzene rings is 2. The predicted molar refractivity (Wildman–Crippen MR) is 98.8 cm³/mol. The molecule has 0 fully saturated rings. The lowest BCUT2D eigenvalue weighted by atomic mass is 10.1. The second kappa shape index (κ2) is 7.52. The third-order valence-corrected chi connectivity index (χ3v) is 3.77. The van der Waals surface area contributed by atoms with Crippen LogP contribution in [-0.4, -0.2) is 30.1 Å². The fourth-order valence-corrected chi connectivity index (χ4v) is 2.49.